The highest BCUT2D eigenvalue weighted by molar-refractivity contribution is 6.00. The van der Waals surface area contributed by atoms with Gasteiger partial charge in [-0.2, -0.15) is 0 Å². The lowest BCUT2D eigenvalue weighted by atomic mass is 9.79. The zero-order valence-corrected chi connectivity index (χ0v) is 11.1. The van der Waals surface area contributed by atoms with E-state index in [2.05, 4.69) is 12.2 Å². The Labute approximate surface area is 108 Å². The van der Waals surface area contributed by atoms with Crippen molar-refractivity contribution in [2.45, 2.75) is 39.0 Å². The Morgan fingerprint density at radius 3 is 2.28 bits per heavy atom. The minimum atomic E-state index is 0.105. The Morgan fingerprint density at radius 2 is 1.72 bits per heavy atom. The van der Waals surface area contributed by atoms with Gasteiger partial charge < -0.3 is 5.32 Å². The van der Waals surface area contributed by atoms with Crippen LogP contribution >= 0.6 is 0 Å². The van der Waals surface area contributed by atoms with E-state index in [1.54, 1.807) is 4.90 Å². The Balaban J connectivity index is 1.75. The molecule has 2 aliphatic heterocycles. The van der Waals surface area contributed by atoms with Crippen LogP contribution in [0.15, 0.2) is 0 Å². The summed E-state index contributed by atoms with van der Waals surface area (Å²) in [7, 11) is 0. The van der Waals surface area contributed by atoms with Crippen molar-refractivity contribution in [3.8, 4) is 0 Å². The molecule has 1 N–H and O–H groups in total. The highest BCUT2D eigenvalue weighted by Gasteiger charge is 2.47. The molecular formula is C14H22N2O2. The van der Waals surface area contributed by atoms with Crippen LogP contribution in [-0.4, -0.2) is 36.3 Å². The molecule has 0 aromatic carbocycles. The van der Waals surface area contributed by atoms with Crippen LogP contribution in [0, 0.1) is 17.3 Å². The van der Waals surface area contributed by atoms with Gasteiger partial charge in [0.1, 0.15) is 0 Å². The number of hydrogen-bond acceptors (Lipinski definition) is 3. The van der Waals surface area contributed by atoms with Gasteiger partial charge in [-0.25, -0.2) is 0 Å². The van der Waals surface area contributed by atoms with Gasteiger partial charge in [0.15, 0.2) is 0 Å². The molecule has 2 unspecified atom stereocenters. The third-order valence-corrected chi connectivity index (χ3v) is 5.01. The summed E-state index contributed by atoms with van der Waals surface area (Å²) in [6.45, 7) is 4.85. The van der Waals surface area contributed by atoms with Gasteiger partial charge in [-0.05, 0) is 50.6 Å². The maximum atomic E-state index is 12.3. The maximum Gasteiger partial charge on any atom is 0.232 e. The highest BCUT2D eigenvalue weighted by atomic mass is 16.2. The van der Waals surface area contributed by atoms with Gasteiger partial charge in [0.2, 0.25) is 11.8 Å². The summed E-state index contributed by atoms with van der Waals surface area (Å²) in [6.07, 6.45) is 4.76. The molecule has 0 radical (unpaired) electrons. The summed E-state index contributed by atoms with van der Waals surface area (Å²) in [5.74, 6) is 0.484. The molecule has 4 nitrogen and oxygen atoms in total. The summed E-state index contributed by atoms with van der Waals surface area (Å²) in [4.78, 5) is 26.2. The molecule has 3 rings (SSSR count). The van der Waals surface area contributed by atoms with Crippen molar-refractivity contribution >= 4 is 11.8 Å². The van der Waals surface area contributed by atoms with Gasteiger partial charge in [0, 0.05) is 18.4 Å². The second-order valence-electron chi connectivity index (χ2n) is 6.53. The van der Waals surface area contributed by atoms with E-state index in [0.717, 1.165) is 45.2 Å². The fourth-order valence-electron chi connectivity index (χ4n) is 3.71. The molecule has 0 aromatic heterocycles. The van der Waals surface area contributed by atoms with Crippen molar-refractivity contribution in [1.29, 1.82) is 0 Å². The van der Waals surface area contributed by atoms with Crippen molar-refractivity contribution in [3.63, 3.8) is 0 Å². The molecule has 2 amide bonds. The normalized spacial score (nSPS) is 35.1. The average Bonchev–Trinajstić information content (AvgIpc) is 2.80. The first-order valence-corrected chi connectivity index (χ1v) is 7.15. The van der Waals surface area contributed by atoms with E-state index in [-0.39, 0.29) is 29.1 Å². The molecule has 2 atom stereocenters. The van der Waals surface area contributed by atoms with E-state index >= 15 is 0 Å². The van der Waals surface area contributed by atoms with E-state index < -0.39 is 0 Å². The number of carbonyl (C=O) groups is 2. The highest BCUT2D eigenvalue weighted by Crippen LogP contribution is 2.40. The van der Waals surface area contributed by atoms with Crippen LogP contribution in [0.4, 0.5) is 0 Å². The van der Waals surface area contributed by atoms with Crippen LogP contribution in [0.2, 0.25) is 0 Å². The Kier molecular flexibility index (Phi) is 2.93. The number of imide groups is 1. The largest absolute Gasteiger partial charge is 0.317 e. The number of nitrogens with one attached hydrogen (secondary N) is 1. The quantitative estimate of drug-likeness (QED) is 0.748. The number of carbonyl (C=O) groups excluding carboxylic acids is 2. The second kappa shape index (κ2) is 4.34. The first kappa shape index (κ1) is 12.2. The fraction of sp³-hybridized carbons (Fsp3) is 0.857. The molecule has 2 saturated heterocycles. The lowest BCUT2D eigenvalue weighted by Gasteiger charge is -2.40. The molecule has 0 aromatic rings. The third-order valence-electron chi connectivity index (χ3n) is 5.01. The van der Waals surface area contributed by atoms with Crippen molar-refractivity contribution in [2.24, 2.45) is 17.3 Å². The second-order valence-corrected chi connectivity index (χ2v) is 6.53. The van der Waals surface area contributed by atoms with E-state index in [4.69, 9.17) is 0 Å². The molecule has 2 heterocycles. The molecule has 2 bridgehead atoms. The first-order chi connectivity index (χ1) is 8.59. The van der Waals surface area contributed by atoms with Crippen molar-refractivity contribution in [1.82, 2.24) is 10.2 Å². The number of hydrogen-bond donors (Lipinski definition) is 1. The van der Waals surface area contributed by atoms with Crippen molar-refractivity contribution in [3.05, 3.63) is 0 Å². The number of rotatable bonds is 2. The molecule has 18 heavy (non-hydrogen) atoms. The van der Waals surface area contributed by atoms with E-state index in [0.29, 0.717) is 6.54 Å². The number of likely N-dealkylation sites (tertiary alicyclic amines) is 1. The van der Waals surface area contributed by atoms with Gasteiger partial charge in [0.25, 0.3) is 0 Å². The van der Waals surface area contributed by atoms with E-state index in [9.17, 15) is 9.59 Å². The SMILES string of the molecule is CC1(CN2C(=O)C3CCC(C3)C2=O)CCNCC1. The van der Waals surface area contributed by atoms with Crippen LogP contribution in [0.3, 0.4) is 0 Å². The van der Waals surface area contributed by atoms with Crippen LogP contribution in [0.1, 0.15) is 39.0 Å². The van der Waals surface area contributed by atoms with Gasteiger partial charge >= 0.3 is 0 Å². The first-order valence-electron chi connectivity index (χ1n) is 7.15. The standard InChI is InChI=1S/C14H22N2O2/c1-14(4-6-15-7-5-14)9-16-12(17)10-2-3-11(8-10)13(16)18/h10-11,15H,2-9H2,1H3. The lowest BCUT2D eigenvalue weighted by Crippen LogP contribution is -2.52. The maximum absolute atomic E-state index is 12.3. The van der Waals surface area contributed by atoms with Crippen LogP contribution in [-0.2, 0) is 9.59 Å². The summed E-state index contributed by atoms with van der Waals surface area (Å²) in [5, 5.41) is 3.34. The molecule has 3 fully saturated rings. The molecule has 3 aliphatic rings. The number of nitrogens with zero attached hydrogens (tertiary/aromatic N) is 1. The van der Waals surface area contributed by atoms with E-state index in [1.165, 1.54) is 0 Å². The van der Waals surface area contributed by atoms with Gasteiger partial charge in [0.05, 0.1) is 0 Å². The van der Waals surface area contributed by atoms with Crippen LogP contribution in [0.25, 0.3) is 0 Å². The molecule has 4 heteroatoms. The summed E-state index contributed by atoms with van der Waals surface area (Å²) >= 11 is 0. The van der Waals surface area contributed by atoms with E-state index in [1.807, 2.05) is 0 Å². The predicted octanol–water partition coefficient (Wildman–Crippen LogP) is 1.16. The van der Waals surface area contributed by atoms with Gasteiger partial charge in [-0.3, -0.25) is 14.5 Å². The minimum Gasteiger partial charge on any atom is -0.317 e. The Hall–Kier alpha value is -0.900. The lowest BCUT2D eigenvalue weighted by molar-refractivity contribution is -0.155. The fourth-order valence-corrected chi connectivity index (χ4v) is 3.71. The van der Waals surface area contributed by atoms with Crippen LogP contribution in [0.5, 0.6) is 0 Å². The number of fused-ring (bicyclic) bond motifs is 2. The predicted molar refractivity (Wildman–Crippen MR) is 67.8 cm³/mol. The summed E-state index contributed by atoms with van der Waals surface area (Å²) < 4.78 is 0. The monoisotopic (exact) mass is 250 g/mol. The molecular weight excluding hydrogens is 228 g/mol. The van der Waals surface area contributed by atoms with Gasteiger partial charge in [-0.1, -0.05) is 6.92 Å². The summed E-state index contributed by atoms with van der Waals surface area (Å²) in [6, 6.07) is 0. The third kappa shape index (κ3) is 1.96. The zero-order chi connectivity index (χ0) is 12.8. The average molecular weight is 250 g/mol. The Bertz CT molecular complexity index is 352. The van der Waals surface area contributed by atoms with Crippen molar-refractivity contribution < 1.29 is 9.59 Å². The smallest absolute Gasteiger partial charge is 0.232 e. The van der Waals surface area contributed by atoms with Gasteiger partial charge in [-0.15, -0.1) is 0 Å². The minimum absolute atomic E-state index is 0.105. The molecule has 100 valence electrons. The zero-order valence-electron chi connectivity index (χ0n) is 11.1. The molecule has 1 saturated carbocycles. The van der Waals surface area contributed by atoms with Crippen molar-refractivity contribution in [2.75, 3.05) is 19.6 Å². The summed E-state index contributed by atoms with van der Waals surface area (Å²) in [5.41, 5.74) is 0.118. The number of amides is 2. The molecule has 1 aliphatic carbocycles. The number of piperidine rings is 2. The molecule has 0 spiro atoms. The topological polar surface area (TPSA) is 49.4 Å². The Morgan fingerprint density at radius 1 is 1.17 bits per heavy atom. The van der Waals surface area contributed by atoms with Crippen LogP contribution < -0.4 is 5.32 Å².